The summed E-state index contributed by atoms with van der Waals surface area (Å²) in [5, 5.41) is 16.0. The maximum Gasteiger partial charge on any atom is 0.0992 e. The van der Waals surface area contributed by atoms with Gasteiger partial charge in [0.15, 0.2) is 0 Å². The molecule has 0 atom stereocenters. The summed E-state index contributed by atoms with van der Waals surface area (Å²) >= 11 is 0. The molecule has 3 heteroatoms. The summed E-state index contributed by atoms with van der Waals surface area (Å²) in [7, 11) is 0. The minimum atomic E-state index is 0.691. The first kappa shape index (κ1) is 13.5. The highest BCUT2D eigenvalue weighted by Gasteiger charge is 2.12. The lowest BCUT2D eigenvalue weighted by Crippen LogP contribution is -2.15. The second-order valence-electron chi connectivity index (χ2n) is 5.48. The molecule has 0 fully saturated rings. The number of rotatable bonds is 3. The average molecular weight is 277 g/mol. The molecule has 0 radical (unpaired) electrons. The molecule has 0 unspecified atom stereocenters. The van der Waals surface area contributed by atoms with Crippen LogP contribution >= 0.6 is 0 Å². The van der Waals surface area contributed by atoms with Gasteiger partial charge in [0.25, 0.3) is 0 Å². The zero-order valence-electron chi connectivity index (χ0n) is 12.2. The van der Waals surface area contributed by atoms with E-state index in [2.05, 4.69) is 41.8 Å². The fraction of sp³-hybridized carbons (Fsp3) is 0.278. The minimum absolute atomic E-state index is 0.691. The van der Waals surface area contributed by atoms with Crippen LogP contribution in [0.15, 0.2) is 36.4 Å². The molecule has 0 bridgehead atoms. The second kappa shape index (κ2) is 5.88. The van der Waals surface area contributed by atoms with Crippen LogP contribution in [0.3, 0.4) is 0 Å². The van der Waals surface area contributed by atoms with Crippen LogP contribution in [-0.4, -0.2) is 6.54 Å². The van der Waals surface area contributed by atoms with Crippen molar-refractivity contribution >= 4 is 11.4 Å². The van der Waals surface area contributed by atoms with Crippen molar-refractivity contribution in [3.05, 3.63) is 58.7 Å². The number of hydrogen-bond acceptors (Lipinski definition) is 3. The molecular weight excluding hydrogens is 258 g/mol. The molecule has 2 aromatic rings. The van der Waals surface area contributed by atoms with Gasteiger partial charge in [0.1, 0.15) is 0 Å². The third-order valence-electron chi connectivity index (χ3n) is 4.00. The molecule has 0 amide bonds. The molecular formula is C18H19N3. The zero-order chi connectivity index (χ0) is 14.7. The van der Waals surface area contributed by atoms with Crippen molar-refractivity contribution in [1.29, 1.82) is 5.26 Å². The van der Waals surface area contributed by atoms with Gasteiger partial charge in [-0.15, -0.1) is 0 Å². The maximum absolute atomic E-state index is 9.01. The summed E-state index contributed by atoms with van der Waals surface area (Å²) in [4.78, 5) is 0. The smallest absolute Gasteiger partial charge is 0.0992 e. The van der Waals surface area contributed by atoms with E-state index in [1.54, 1.807) is 0 Å². The fourth-order valence-electron chi connectivity index (χ4n) is 2.80. The Labute approximate surface area is 125 Å². The van der Waals surface area contributed by atoms with E-state index >= 15 is 0 Å². The number of fused-ring (bicyclic) bond motifs is 1. The minimum Gasteiger partial charge on any atom is -0.385 e. The molecule has 3 rings (SSSR count). The molecule has 0 spiro atoms. The fourth-order valence-corrected chi connectivity index (χ4v) is 2.80. The monoisotopic (exact) mass is 277 g/mol. The first-order valence-electron chi connectivity index (χ1n) is 7.37. The van der Waals surface area contributed by atoms with E-state index in [4.69, 9.17) is 5.26 Å². The lowest BCUT2D eigenvalue weighted by molar-refractivity contribution is 0.825. The average Bonchev–Trinajstić information content (AvgIpc) is 2.54. The Morgan fingerprint density at radius 1 is 1.29 bits per heavy atom. The molecule has 0 aliphatic carbocycles. The molecule has 21 heavy (non-hydrogen) atoms. The highest BCUT2D eigenvalue weighted by atomic mass is 14.9. The van der Waals surface area contributed by atoms with Crippen molar-refractivity contribution in [3.63, 3.8) is 0 Å². The standard InChI is InChI=1S/C18H19N3/c1-13-7-8-14(11-19)10-17(13)21-12-16-5-2-4-15-6-3-9-20-18(15)16/h2,4-5,7-8,10,20-21H,3,6,9,12H2,1H3. The number of nitriles is 1. The topological polar surface area (TPSA) is 47.9 Å². The van der Waals surface area contributed by atoms with Gasteiger partial charge < -0.3 is 10.6 Å². The predicted octanol–water partition coefficient (Wildman–Crippen LogP) is 3.84. The van der Waals surface area contributed by atoms with E-state index in [0.717, 1.165) is 30.8 Å². The summed E-state index contributed by atoms with van der Waals surface area (Å²) in [5.41, 5.74) is 6.85. The zero-order valence-corrected chi connectivity index (χ0v) is 12.2. The maximum atomic E-state index is 9.01. The third kappa shape index (κ3) is 2.85. The van der Waals surface area contributed by atoms with Crippen molar-refractivity contribution < 1.29 is 0 Å². The molecule has 2 aromatic carbocycles. The normalized spacial score (nSPS) is 13.0. The quantitative estimate of drug-likeness (QED) is 0.896. The summed E-state index contributed by atoms with van der Waals surface area (Å²) < 4.78 is 0. The highest BCUT2D eigenvalue weighted by molar-refractivity contribution is 5.61. The van der Waals surface area contributed by atoms with Crippen LogP contribution in [0.4, 0.5) is 11.4 Å². The predicted molar refractivity (Wildman–Crippen MR) is 86.5 cm³/mol. The molecule has 2 N–H and O–H groups in total. The first-order chi connectivity index (χ1) is 10.3. The largest absolute Gasteiger partial charge is 0.385 e. The van der Waals surface area contributed by atoms with Crippen LogP contribution in [0, 0.1) is 18.3 Å². The Balaban J connectivity index is 1.81. The van der Waals surface area contributed by atoms with Crippen LogP contribution in [0.2, 0.25) is 0 Å². The van der Waals surface area contributed by atoms with Gasteiger partial charge in [-0.2, -0.15) is 5.26 Å². The highest BCUT2D eigenvalue weighted by Crippen LogP contribution is 2.27. The van der Waals surface area contributed by atoms with Crippen LogP contribution in [-0.2, 0) is 13.0 Å². The number of benzene rings is 2. The van der Waals surface area contributed by atoms with Gasteiger partial charge in [-0.3, -0.25) is 0 Å². The summed E-state index contributed by atoms with van der Waals surface area (Å²) in [6.07, 6.45) is 2.35. The van der Waals surface area contributed by atoms with Crippen LogP contribution in [0.25, 0.3) is 0 Å². The number of hydrogen-bond donors (Lipinski definition) is 2. The Morgan fingerprint density at radius 2 is 2.19 bits per heavy atom. The lowest BCUT2D eigenvalue weighted by Gasteiger charge is -2.22. The van der Waals surface area contributed by atoms with Gasteiger partial charge in [0.2, 0.25) is 0 Å². The van der Waals surface area contributed by atoms with Crippen molar-refractivity contribution in [1.82, 2.24) is 0 Å². The van der Waals surface area contributed by atoms with Crippen LogP contribution < -0.4 is 10.6 Å². The van der Waals surface area contributed by atoms with E-state index in [1.165, 1.54) is 23.2 Å². The summed E-state index contributed by atoms with van der Waals surface area (Å²) in [5.74, 6) is 0. The molecule has 3 nitrogen and oxygen atoms in total. The Kier molecular flexibility index (Phi) is 3.79. The van der Waals surface area contributed by atoms with Crippen molar-refractivity contribution in [2.24, 2.45) is 0 Å². The van der Waals surface area contributed by atoms with Gasteiger partial charge >= 0.3 is 0 Å². The molecule has 0 saturated carbocycles. The Bertz CT molecular complexity index is 698. The van der Waals surface area contributed by atoms with Crippen molar-refractivity contribution in [2.45, 2.75) is 26.3 Å². The van der Waals surface area contributed by atoms with Crippen LogP contribution in [0.5, 0.6) is 0 Å². The van der Waals surface area contributed by atoms with E-state index in [0.29, 0.717) is 5.56 Å². The SMILES string of the molecule is Cc1ccc(C#N)cc1NCc1cccc2c1NCCC2. The van der Waals surface area contributed by atoms with E-state index in [-0.39, 0.29) is 0 Å². The van der Waals surface area contributed by atoms with E-state index < -0.39 is 0 Å². The van der Waals surface area contributed by atoms with Gasteiger partial charge in [-0.05, 0) is 48.6 Å². The Morgan fingerprint density at radius 3 is 3.05 bits per heavy atom. The van der Waals surface area contributed by atoms with Crippen LogP contribution in [0.1, 0.15) is 28.7 Å². The van der Waals surface area contributed by atoms with Crippen molar-refractivity contribution in [2.75, 3.05) is 17.2 Å². The number of para-hydroxylation sites is 1. The van der Waals surface area contributed by atoms with E-state index in [1.807, 2.05) is 18.2 Å². The first-order valence-corrected chi connectivity index (χ1v) is 7.37. The molecule has 0 aromatic heterocycles. The molecule has 1 aliphatic heterocycles. The van der Waals surface area contributed by atoms with E-state index in [9.17, 15) is 0 Å². The summed E-state index contributed by atoms with van der Waals surface area (Å²) in [6, 6.07) is 14.4. The second-order valence-corrected chi connectivity index (χ2v) is 5.48. The molecule has 1 aliphatic rings. The van der Waals surface area contributed by atoms with Crippen molar-refractivity contribution in [3.8, 4) is 6.07 Å². The molecule has 1 heterocycles. The lowest BCUT2D eigenvalue weighted by atomic mass is 9.99. The Hall–Kier alpha value is -2.47. The van der Waals surface area contributed by atoms with Gasteiger partial charge in [-0.1, -0.05) is 24.3 Å². The molecule has 106 valence electrons. The summed E-state index contributed by atoms with van der Waals surface area (Å²) in [6.45, 7) is 3.88. The molecule has 0 saturated heterocycles. The van der Waals surface area contributed by atoms with Gasteiger partial charge in [-0.25, -0.2) is 0 Å². The van der Waals surface area contributed by atoms with Gasteiger partial charge in [0.05, 0.1) is 11.6 Å². The number of nitrogens with one attached hydrogen (secondary N) is 2. The number of aryl methyl sites for hydroxylation is 2. The van der Waals surface area contributed by atoms with Gasteiger partial charge in [0, 0.05) is 24.5 Å². The number of anilines is 2. The number of nitrogens with zero attached hydrogens (tertiary/aromatic N) is 1. The third-order valence-corrected chi connectivity index (χ3v) is 4.00.